The molecule has 2 heterocycles. The maximum absolute atomic E-state index is 4.79. The van der Waals surface area contributed by atoms with Crippen molar-refractivity contribution < 1.29 is 4.05 Å². The molecule has 0 aliphatic carbocycles. The summed E-state index contributed by atoms with van der Waals surface area (Å²) in [5, 5.41) is 5.86. The molecule has 2 rings (SSSR count). The van der Waals surface area contributed by atoms with Crippen LogP contribution >= 0.6 is 0 Å². The lowest BCUT2D eigenvalue weighted by molar-refractivity contribution is -0.393. The zero-order valence-electron chi connectivity index (χ0n) is 5.06. The van der Waals surface area contributed by atoms with Gasteiger partial charge in [0, 0.05) is 15.4 Å². The van der Waals surface area contributed by atoms with Gasteiger partial charge in [-0.05, 0) is 6.07 Å². The van der Waals surface area contributed by atoms with Crippen LogP contribution in [0.25, 0.3) is 6.20 Å². The normalized spacial score (nSPS) is 13.8. The third kappa shape index (κ3) is 0.733. The van der Waals surface area contributed by atoms with Crippen LogP contribution < -0.4 is 10.6 Å². The average molecular weight is 150 g/mol. The SMILES string of the molecule is S=[N+]1C=c2ccncc2=N1. The number of aromatic nitrogens is 1. The van der Waals surface area contributed by atoms with Crippen LogP contribution in [0.1, 0.15) is 0 Å². The third-order valence-corrected chi connectivity index (χ3v) is 1.48. The van der Waals surface area contributed by atoms with E-state index in [-0.39, 0.29) is 0 Å². The van der Waals surface area contributed by atoms with Crippen LogP contribution in [-0.2, 0) is 12.4 Å². The van der Waals surface area contributed by atoms with Crippen molar-refractivity contribution in [3.63, 3.8) is 0 Å². The highest BCUT2D eigenvalue weighted by Crippen LogP contribution is 1.78. The number of hydrogen-bond donors (Lipinski definition) is 0. The monoisotopic (exact) mass is 150 g/mol. The number of hydrogen-bond acceptors (Lipinski definition) is 2. The minimum Gasteiger partial charge on any atom is -0.262 e. The van der Waals surface area contributed by atoms with Gasteiger partial charge in [-0.2, -0.15) is 0 Å². The molecular formula is C6H4N3S+. The zero-order valence-corrected chi connectivity index (χ0v) is 5.88. The van der Waals surface area contributed by atoms with E-state index in [0.717, 1.165) is 10.6 Å². The van der Waals surface area contributed by atoms with Crippen LogP contribution in [0.5, 0.6) is 0 Å². The minimum absolute atomic E-state index is 0.845. The maximum Gasteiger partial charge on any atom is 0.306 e. The van der Waals surface area contributed by atoms with E-state index in [1.807, 2.05) is 6.07 Å². The largest absolute Gasteiger partial charge is 0.306 e. The second-order valence-electron chi connectivity index (χ2n) is 1.97. The minimum atomic E-state index is 0.845. The molecule has 0 saturated heterocycles. The maximum atomic E-state index is 4.79. The van der Waals surface area contributed by atoms with E-state index in [4.69, 9.17) is 12.4 Å². The molecular weight excluding hydrogens is 146 g/mol. The van der Waals surface area contributed by atoms with E-state index in [0.29, 0.717) is 0 Å². The second-order valence-corrected chi connectivity index (χ2v) is 2.34. The van der Waals surface area contributed by atoms with Crippen molar-refractivity contribution in [3.05, 3.63) is 29.0 Å². The van der Waals surface area contributed by atoms with Crippen molar-refractivity contribution in [2.24, 2.45) is 5.10 Å². The van der Waals surface area contributed by atoms with Crippen molar-refractivity contribution in [3.8, 4) is 0 Å². The first kappa shape index (κ1) is 5.61. The predicted molar refractivity (Wildman–Crippen MR) is 37.1 cm³/mol. The van der Waals surface area contributed by atoms with E-state index in [9.17, 15) is 0 Å². The van der Waals surface area contributed by atoms with Gasteiger partial charge in [0.1, 0.15) is 0 Å². The molecule has 1 aromatic heterocycles. The van der Waals surface area contributed by atoms with Crippen molar-refractivity contribution in [1.82, 2.24) is 4.98 Å². The fourth-order valence-electron chi connectivity index (χ4n) is 0.844. The van der Waals surface area contributed by atoms with E-state index in [2.05, 4.69) is 10.1 Å². The summed E-state index contributed by atoms with van der Waals surface area (Å²) in [6.07, 6.45) is 5.20. The first-order chi connectivity index (χ1) is 4.86. The summed E-state index contributed by atoms with van der Waals surface area (Å²) in [6, 6.07) is 1.88. The smallest absolute Gasteiger partial charge is 0.262 e. The van der Waals surface area contributed by atoms with E-state index in [1.54, 1.807) is 18.6 Å². The molecule has 3 nitrogen and oxygen atoms in total. The highest BCUT2D eigenvalue weighted by molar-refractivity contribution is 7.44. The molecule has 0 amide bonds. The molecule has 1 aliphatic rings. The van der Waals surface area contributed by atoms with Crippen LogP contribution in [-0.4, -0.2) is 9.04 Å². The van der Waals surface area contributed by atoms with Gasteiger partial charge >= 0.3 is 12.4 Å². The summed E-state index contributed by atoms with van der Waals surface area (Å²) in [7, 11) is 0. The molecule has 4 heteroatoms. The Bertz CT molecular complexity index is 359. The Balaban J connectivity index is 2.96. The van der Waals surface area contributed by atoms with Gasteiger partial charge in [0.05, 0.1) is 11.4 Å². The van der Waals surface area contributed by atoms with Gasteiger partial charge in [0.25, 0.3) is 0 Å². The summed E-state index contributed by atoms with van der Waals surface area (Å²) in [5.74, 6) is 0. The molecule has 0 unspecified atom stereocenters. The predicted octanol–water partition coefficient (Wildman–Crippen LogP) is -0.889. The molecule has 0 fully saturated rings. The summed E-state index contributed by atoms with van der Waals surface area (Å²) in [5.41, 5.74) is 0. The van der Waals surface area contributed by atoms with Gasteiger partial charge in [-0.25, -0.2) is 0 Å². The van der Waals surface area contributed by atoms with Crippen LogP contribution in [0.15, 0.2) is 23.6 Å². The van der Waals surface area contributed by atoms with Crippen molar-refractivity contribution in [1.29, 1.82) is 0 Å². The number of pyridine rings is 1. The topological polar surface area (TPSA) is 28.3 Å². The molecule has 0 saturated carbocycles. The Kier molecular flexibility index (Phi) is 1.07. The molecule has 1 aromatic rings. The molecule has 0 atom stereocenters. The average Bonchev–Trinajstić information content (AvgIpc) is 2.27. The first-order valence-electron chi connectivity index (χ1n) is 2.83. The number of fused-ring (bicyclic) bond motifs is 1. The Morgan fingerprint density at radius 1 is 1.50 bits per heavy atom. The number of rotatable bonds is 0. The Labute approximate surface area is 62.5 Å². The molecule has 48 valence electrons. The lowest BCUT2D eigenvalue weighted by Gasteiger charge is -1.72. The standard InChI is InChI=1S/C6H4N3S/c10-9-4-5-1-2-7-3-6(5)8-9/h1-4H/q+1. The Hall–Kier alpha value is -1.16. The van der Waals surface area contributed by atoms with Crippen LogP contribution in [0.3, 0.4) is 0 Å². The fraction of sp³-hybridized carbons (Fsp3) is 0. The van der Waals surface area contributed by atoms with Crippen LogP contribution in [0.2, 0.25) is 0 Å². The molecule has 0 radical (unpaired) electrons. The first-order valence-corrected chi connectivity index (χ1v) is 3.20. The van der Waals surface area contributed by atoms with Crippen molar-refractivity contribution in [2.75, 3.05) is 0 Å². The summed E-state index contributed by atoms with van der Waals surface area (Å²) >= 11 is 4.79. The number of nitrogens with zero attached hydrogens (tertiary/aromatic N) is 3. The van der Waals surface area contributed by atoms with Gasteiger partial charge in [-0.15, -0.1) is 0 Å². The summed E-state index contributed by atoms with van der Waals surface area (Å²) in [4.78, 5) is 3.90. The van der Waals surface area contributed by atoms with E-state index >= 15 is 0 Å². The van der Waals surface area contributed by atoms with Crippen LogP contribution in [0.4, 0.5) is 0 Å². The lowest BCUT2D eigenvalue weighted by atomic mass is 10.4. The summed E-state index contributed by atoms with van der Waals surface area (Å²) < 4.78 is 1.37. The van der Waals surface area contributed by atoms with Crippen molar-refractivity contribution >= 4 is 18.6 Å². The molecule has 0 N–H and O–H groups in total. The third-order valence-electron chi connectivity index (χ3n) is 1.29. The summed E-state index contributed by atoms with van der Waals surface area (Å²) in [6.45, 7) is 0. The quantitative estimate of drug-likeness (QED) is 0.449. The zero-order chi connectivity index (χ0) is 6.97. The van der Waals surface area contributed by atoms with E-state index in [1.165, 1.54) is 4.05 Å². The molecule has 0 bridgehead atoms. The van der Waals surface area contributed by atoms with Gasteiger partial charge < -0.3 is 0 Å². The van der Waals surface area contributed by atoms with Gasteiger partial charge in [-0.3, -0.25) is 4.98 Å². The highest BCUT2D eigenvalue weighted by Gasteiger charge is 2.05. The van der Waals surface area contributed by atoms with Crippen molar-refractivity contribution in [2.45, 2.75) is 0 Å². The molecule has 0 aromatic carbocycles. The lowest BCUT2D eigenvalue weighted by Crippen LogP contribution is -2.20. The van der Waals surface area contributed by atoms with Gasteiger partial charge in [0.15, 0.2) is 5.36 Å². The van der Waals surface area contributed by atoms with Crippen LogP contribution in [0, 0.1) is 0 Å². The highest BCUT2D eigenvalue weighted by atomic mass is 32.1. The van der Waals surface area contributed by atoms with Gasteiger partial charge in [-0.1, -0.05) is 0 Å². The fourth-order valence-corrected chi connectivity index (χ4v) is 1.05. The molecule has 1 aliphatic heterocycles. The Morgan fingerprint density at radius 3 is 3.20 bits per heavy atom. The molecule has 10 heavy (non-hydrogen) atoms. The molecule has 0 spiro atoms. The Morgan fingerprint density at radius 2 is 2.40 bits per heavy atom. The van der Waals surface area contributed by atoms with E-state index < -0.39 is 0 Å². The second kappa shape index (κ2) is 1.91. The van der Waals surface area contributed by atoms with Gasteiger partial charge in [0.2, 0.25) is 6.20 Å².